The van der Waals surface area contributed by atoms with E-state index in [2.05, 4.69) is 26.9 Å². The zero-order chi connectivity index (χ0) is 14.2. The van der Waals surface area contributed by atoms with Crippen molar-refractivity contribution in [2.75, 3.05) is 7.05 Å². The average Bonchev–Trinajstić information content (AvgIpc) is 3.25. The first-order valence-corrected chi connectivity index (χ1v) is 8.03. The fourth-order valence-corrected chi connectivity index (χ4v) is 3.85. The standard InChI is InChI=1S/C14H16N6S/c1-15-10-5-4-9(7-10)13-14-17-18-19-20(14)11(8-16-13)12-3-2-6-21-12/h2-3,6,8-10,15H,4-5,7H2,1H3/t9?,10-/m0/s1. The van der Waals surface area contributed by atoms with Gasteiger partial charge < -0.3 is 5.32 Å². The van der Waals surface area contributed by atoms with Gasteiger partial charge in [-0.3, -0.25) is 4.98 Å². The van der Waals surface area contributed by atoms with E-state index in [1.165, 1.54) is 6.42 Å². The molecule has 0 saturated heterocycles. The lowest BCUT2D eigenvalue weighted by molar-refractivity contribution is 0.569. The van der Waals surface area contributed by atoms with Crippen LogP contribution >= 0.6 is 11.3 Å². The number of tetrazole rings is 1. The third-order valence-corrected chi connectivity index (χ3v) is 5.15. The van der Waals surface area contributed by atoms with E-state index in [9.17, 15) is 0 Å². The van der Waals surface area contributed by atoms with Crippen LogP contribution in [-0.2, 0) is 0 Å². The van der Waals surface area contributed by atoms with Crippen LogP contribution in [0.2, 0.25) is 0 Å². The number of thiophene rings is 1. The molecule has 3 aromatic heterocycles. The highest BCUT2D eigenvalue weighted by molar-refractivity contribution is 7.13. The Morgan fingerprint density at radius 1 is 1.38 bits per heavy atom. The Labute approximate surface area is 126 Å². The van der Waals surface area contributed by atoms with E-state index >= 15 is 0 Å². The SMILES string of the molecule is CN[C@H]1CCC(c2ncc(-c3cccs3)n3nnnc23)C1. The summed E-state index contributed by atoms with van der Waals surface area (Å²) in [5, 5.41) is 17.6. The first-order valence-electron chi connectivity index (χ1n) is 7.15. The molecule has 0 aliphatic heterocycles. The first-order chi connectivity index (χ1) is 10.4. The van der Waals surface area contributed by atoms with Gasteiger partial charge in [0.2, 0.25) is 5.65 Å². The molecule has 1 aliphatic rings. The Morgan fingerprint density at radius 3 is 3.10 bits per heavy atom. The molecule has 1 N–H and O–H groups in total. The van der Waals surface area contributed by atoms with Crippen molar-refractivity contribution in [2.24, 2.45) is 0 Å². The molecule has 21 heavy (non-hydrogen) atoms. The molecule has 0 radical (unpaired) electrons. The predicted molar refractivity (Wildman–Crippen MR) is 81.3 cm³/mol. The largest absolute Gasteiger partial charge is 0.317 e. The van der Waals surface area contributed by atoms with Crippen LogP contribution in [0.4, 0.5) is 0 Å². The van der Waals surface area contributed by atoms with Crippen molar-refractivity contribution >= 4 is 17.0 Å². The van der Waals surface area contributed by atoms with E-state index < -0.39 is 0 Å². The van der Waals surface area contributed by atoms with Crippen LogP contribution in [0.1, 0.15) is 30.9 Å². The van der Waals surface area contributed by atoms with Crippen LogP contribution in [0.15, 0.2) is 23.7 Å². The second-order valence-electron chi connectivity index (χ2n) is 5.42. The van der Waals surface area contributed by atoms with Crippen LogP contribution in [0.3, 0.4) is 0 Å². The zero-order valence-corrected chi connectivity index (χ0v) is 12.5. The van der Waals surface area contributed by atoms with E-state index in [1.807, 2.05) is 29.2 Å². The number of nitrogens with one attached hydrogen (secondary N) is 1. The zero-order valence-electron chi connectivity index (χ0n) is 11.7. The van der Waals surface area contributed by atoms with Crippen LogP contribution in [0.25, 0.3) is 16.2 Å². The maximum absolute atomic E-state index is 4.70. The highest BCUT2D eigenvalue weighted by Gasteiger charge is 2.28. The molecule has 2 atom stereocenters. The lowest BCUT2D eigenvalue weighted by Crippen LogP contribution is -2.21. The van der Waals surface area contributed by atoms with Gasteiger partial charge in [0.15, 0.2) is 0 Å². The van der Waals surface area contributed by atoms with Crippen LogP contribution < -0.4 is 5.32 Å². The fraction of sp³-hybridized carbons (Fsp3) is 0.429. The first kappa shape index (κ1) is 12.8. The molecule has 0 amide bonds. The topological polar surface area (TPSA) is 68.0 Å². The van der Waals surface area contributed by atoms with E-state index in [4.69, 9.17) is 4.98 Å². The van der Waals surface area contributed by atoms with Gasteiger partial charge in [0.05, 0.1) is 16.8 Å². The molecule has 7 heteroatoms. The van der Waals surface area contributed by atoms with Crippen LogP contribution in [0, 0.1) is 0 Å². The number of fused-ring (bicyclic) bond motifs is 1. The van der Waals surface area contributed by atoms with Gasteiger partial charge in [0.1, 0.15) is 5.69 Å². The normalized spacial score (nSPS) is 22.1. The van der Waals surface area contributed by atoms with Crippen molar-refractivity contribution in [3.63, 3.8) is 0 Å². The number of aromatic nitrogens is 5. The Balaban J connectivity index is 1.79. The van der Waals surface area contributed by atoms with Crippen molar-refractivity contribution in [2.45, 2.75) is 31.2 Å². The number of hydrogen-bond acceptors (Lipinski definition) is 6. The molecule has 1 saturated carbocycles. The predicted octanol–water partition coefficient (Wildman–Crippen LogP) is 2.10. The fourth-order valence-electron chi connectivity index (χ4n) is 3.12. The second-order valence-corrected chi connectivity index (χ2v) is 6.36. The molecule has 3 heterocycles. The van der Waals surface area contributed by atoms with Crippen molar-refractivity contribution in [1.82, 2.24) is 30.3 Å². The Bertz CT molecular complexity index is 750. The van der Waals surface area contributed by atoms with Gasteiger partial charge in [-0.15, -0.1) is 16.4 Å². The number of hydrogen-bond donors (Lipinski definition) is 1. The summed E-state index contributed by atoms with van der Waals surface area (Å²) in [7, 11) is 2.02. The molecule has 0 aromatic carbocycles. The highest BCUT2D eigenvalue weighted by atomic mass is 32.1. The van der Waals surface area contributed by atoms with Gasteiger partial charge in [0, 0.05) is 12.0 Å². The Hall–Kier alpha value is -1.86. The lowest BCUT2D eigenvalue weighted by atomic mass is 10.0. The van der Waals surface area contributed by atoms with Crippen molar-refractivity contribution in [3.8, 4) is 10.6 Å². The van der Waals surface area contributed by atoms with Gasteiger partial charge in [-0.1, -0.05) is 6.07 Å². The summed E-state index contributed by atoms with van der Waals surface area (Å²) in [4.78, 5) is 5.83. The molecule has 6 nitrogen and oxygen atoms in total. The molecule has 108 valence electrons. The Morgan fingerprint density at radius 2 is 2.33 bits per heavy atom. The van der Waals surface area contributed by atoms with Crippen molar-refractivity contribution < 1.29 is 0 Å². The van der Waals surface area contributed by atoms with Crippen LogP contribution in [0.5, 0.6) is 0 Å². The maximum Gasteiger partial charge on any atom is 0.201 e. The minimum absolute atomic E-state index is 0.438. The van der Waals surface area contributed by atoms with E-state index in [0.717, 1.165) is 34.8 Å². The summed E-state index contributed by atoms with van der Waals surface area (Å²) in [6.45, 7) is 0. The summed E-state index contributed by atoms with van der Waals surface area (Å²) in [6, 6.07) is 4.66. The van der Waals surface area contributed by atoms with Gasteiger partial charge in [-0.05, 0) is 48.2 Å². The van der Waals surface area contributed by atoms with Crippen LogP contribution in [-0.4, -0.2) is 38.1 Å². The van der Waals surface area contributed by atoms with E-state index in [-0.39, 0.29) is 0 Å². The summed E-state index contributed by atoms with van der Waals surface area (Å²) in [5.74, 6) is 0.438. The Kier molecular flexibility index (Phi) is 3.16. The van der Waals surface area contributed by atoms with Crippen molar-refractivity contribution in [3.05, 3.63) is 29.4 Å². The highest BCUT2D eigenvalue weighted by Crippen LogP contribution is 2.35. The quantitative estimate of drug-likeness (QED) is 0.802. The molecule has 4 rings (SSSR count). The molecule has 0 spiro atoms. The molecule has 0 bridgehead atoms. The number of rotatable bonds is 3. The van der Waals surface area contributed by atoms with Gasteiger partial charge in [0.25, 0.3) is 0 Å². The smallest absolute Gasteiger partial charge is 0.201 e. The summed E-state index contributed by atoms with van der Waals surface area (Å²) < 4.78 is 1.82. The number of nitrogens with zero attached hydrogens (tertiary/aromatic N) is 5. The molecule has 3 aromatic rings. The third-order valence-electron chi connectivity index (χ3n) is 4.25. The summed E-state index contributed by atoms with van der Waals surface area (Å²) in [5.41, 5.74) is 2.78. The van der Waals surface area contributed by atoms with E-state index in [1.54, 1.807) is 11.3 Å². The van der Waals surface area contributed by atoms with Gasteiger partial charge >= 0.3 is 0 Å². The maximum atomic E-state index is 4.70. The molecule has 1 unspecified atom stereocenters. The summed E-state index contributed by atoms with van der Waals surface area (Å²) in [6.07, 6.45) is 5.32. The molecular weight excluding hydrogens is 284 g/mol. The monoisotopic (exact) mass is 300 g/mol. The minimum atomic E-state index is 0.438. The lowest BCUT2D eigenvalue weighted by Gasteiger charge is -2.11. The molecule has 1 fully saturated rings. The third kappa shape index (κ3) is 2.13. The second kappa shape index (κ2) is 5.16. The van der Waals surface area contributed by atoms with E-state index in [0.29, 0.717) is 12.0 Å². The van der Waals surface area contributed by atoms with Crippen molar-refractivity contribution in [1.29, 1.82) is 0 Å². The molecule has 1 aliphatic carbocycles. The van der Waals surface area contributed by atoms with Gasteiger partial charge in [-0.25, -0.2) is 0 Å². The average molecular weight is 300 g/mol. The minimum Gasteiger partial charge on any atom is -0.317 e. The molecular formula is C14H16N6S. The van der Waals surface area contributed by atoms with Gasteiger partial charge in [-0.2, -0.15) is 4.52 Å². The summed E-state index contributed by atoms with van der Waals surface area (Å²) >= 11 is 1.67.